The van der Waals surface area contributed by atoms with E-state index in [0.29, 0.717) is 6.07 Å². The minimum absolute atomic E-state index is 0.0521. The predicted octanol–water partition coefficient (Wildman–Crippen LogP) is 4.97. The van der Waals surface area contributed by atoms with Gasteiger partial charge in [-0.1, -0.05) is 35.5 Å². The van der Waals surface area contributed by atoms with Gasteiger partial charge in [0.05, 0.1) is 10.5 Å². The fourth-order valence-electron chi connectivity index (χ4n) is 3.16. The van der Waals surface area contributed by atoms with Crippen molar-refractivity contribution < 1.29 is 42.7 Å². The minimum Gasteiger partial charge on any atom is -0.505 e. The molecule has 1 heterocycles. The van der Waals surface area contributed by atoms with E-state index in [-0.39, 0.29) is 22.2 Å². The fraction of sp³-hybridized carbons (Fsp3) is 0.0455. The van der Waals surface area contributed by atoms with Crippen LogP contribution in [0.5, 0.6) is 17.2 Å². The zero-order valence-electron chi connectivity index (χ0n) is 17.6. The Bertz CT molecular complexity index is 1500. The van der Waals surface area contributed by atoms with Crippen LogP contribution in [0.4, 0.5) is 18.9 Å². The Morgan fingerprint density at radius 3 is 2.39 bits per heavy atom. The minimum atomic E-state index is -3.90. The molecule has 0 radical (unpaired) electrons. The van der Waals surface area contributed by atoms with Gasteiger partial charge in [0.1, 0.15) is 5.56 Å². The number of nitrogens with zero attached hydrogens (tertiary/aromatic N) is 3. The number of rotatable bonds is 7. The monoisotopic (exact) mass is 519 g/mol. The van der Waals surface area contributed by atoms with E-state index in [4.69, 9.17) is 4.52 Å². The van der Waals surface area contributed by atoms with E-state index in [0.717, 1.165) is 18.2 Å². The molecule has 0 bridgehead atoms. The number of aromatic hydroxyl groups is 3. The maximum Gasteiger partial charge on any atom is 0.360 e. The summed E-state index contributed by atoms with van der Waals surface area (Å²) in [4.78, 5) is 27.0. The Labute approximate surface area is 202 Å². The van der Waals surface area contributed by atoms with Gasteiger partial charge in [0, 0.05) is 10.5 Å². The second kappa shape index (κ2) is 9.22. The molecule has 36 heavy (non-hydrogen) atoms. The van der Waals surface area contributed by atoms with Crippen molar-refractivity contribution in [3.8, 4) is 28.7 Å². The van der Waals surface area contributed by atoms with E-state index >= 15 is 0 Å². The van der Waals surface area contributed by atoms with Crippen LogP contribution in [0.2, 0.25) is 0 Å². The van der Waals surface area contributed by atoms with Crippen LogP contribution in [0.25, 0.3) is 11.5 Å². The molecule has 1 aromatic heterocycles. The third-order valence-electron chi connectivity index (χ3n) is 4.78. The number of phenolic OH excluding ortho intramolecular Hbond substituents is 3. The number of phenols is 3. The predicted molar refractivity (Wildman–Crippen MR) is 117 cm³/mol. The first-order valence-corrected chi connectivity index (χ1v) is 10.5. The molecule has 184 valence electrons. The van der Waals surface area contributed by atoms with Gasteiger partial charge in [0.15, 0.2) is 17.3 Å². The van der Waals surface area contributed by atoms with Gasteiger partial charge < -0.3 is 19.8 Å². The zero-order valence-corrected chi connectivity index (χ0v) is 18.4. The van der Waals surface area contributed by atoms with Gasteiger partial charge in [-0.2, -0.15) is 13.8 Å². The summed E-state index contributed by atoms with van der Waals surface area (Å²) in [7, 11) is 0. The van der Waals surface area contributed by atoms with Crippen LogP contribution in [-0.4, -0.2) is 36.2 Å². The molecule has 0 saturated carbocycles. The molecule has 0 spiro atoms. The van der Waals surface area contributed by atoms with Crippen molar-refractivity contribution in [1.82, 2.24) is 10.1 Å². The van der Waals surface area contributed by atoms with Crippen molar-refractivity contribution in [3.05, 3.63) is 87.5 Å². The summed E-state index contributed by atoms with van der Waals surface area (Å²) in [5.74, 6) is -7.14. The summed E-state index contributed by atoms with van der Waals surface area (Å²) < 4.78 is 47.7. The van der Waals surface area contributed by atoms with Crippen molar-refractivity contribution in [2.45, 2.75) is 10.2 Å². The lowest BCUT2D eigenvalue weighted by atomic mass is 9.95. The highest BCUT2D eigenvalue weighted by Crippen LogP contribution is 2.47. The molecule has 10 nitrogen and oxygen atoms in total. The molecule has 3 N–H and O–H groups in total. The molecule has 0 aliphatic heterocycles. The number of halogens is 3. The van der Waals surface area contributed by atoms with Crippen LogP contribution in [0, 0.1) is 15.9 Å². The molecule has 0 unspecified atom stereocenters. The zero-order chi connectivity index (χ0) is 26.2. The first-order valence-electron chi connectivity index (χ1n) is 9.72. The van der Waals surface area contributed by atoms with E-state index in [1.54, 1.807) is 6.07 Å². The van der Waals surface area contributed by atoms with Crippen molar-refractivity contribution >= 4 is 23.2 Å². The third kappa shape index (κ3) is 4.53. The van der Waals surface area contributed by atoms with E-state index in [2.05, 4.69) is 10.1 Å². The highest BCUT2D eigenvalue weighted by Gasteiger charge is 2.41. The number of aromatic nitrogens is 2. The standard InChI is InChI=1S/C22H12F3N3O7S/c23-13-7-6-11(8-14(13)29)36-22(24,25)21-26-20(35-27-21)12-9-15(30)19(32)17(28(33)34)16(12)18(31)10-4-2-1-3-5-10/h1-9,29-30,32H. The summed E-state index contributed by atoms with van der Waals surface area (Å²) >= 11 is -0.158. The molecule has 0 amide bonds. The smallest absolute Gasteiger partial charge is 0.360 e. The number of alkyl halides is 2. The fourth-order valence-corrected chi connectivity index (χ4v) is 3.93. The SMILES string of the molecule is O=C(c1ccccc1)c1c(-c2nc(C(F)(F)Sc3ccc(F)c(O)c3)no2)cc(O)c(O)c1[N+](=O)[O-]. The van der Waals surface area contributed by atoms with Gasteiger partial charge >= 0.3 is 10.9 Å². The van der Waals surface area contributed by atoms with Gasteiger partial charge in [-0.25, -0.2) is 4.39 Å². The van der Waals surface area contributed by atoms with Crippen LogP contribution >= 0.6 is 11.8 Å². The van der Waals surface area contributed by atoms with Crippen molar-refractivity contribution in [2.24, 2.45) is 0 Å². The lowest BCUT2D eigenvalue weighted by molar-refractivity contribution is -0.386. The lowest BCUT2D eigenvalue weighted by Gasteiger charge is -2.11. The van der Waals surface area contributed by atoms with E-state index in [9.17, 15) is 43.4 Å². The second-order valence-electron chi connectivity index (χ2n) is 7.12. The average molecular weight is 519 g/mol. The highest BCUT2D eigenvalue weighted by atomic mass is 32.2. The van der Waals surface area contributed by atoms with Crippen molar-refractivity contribution in [1.29, 1.82) is 0 Å². The molecule has 3 aromatic carbocycles. The number of benzene rings is 3. The summed E-state index contributed by atoms with van der Waals surface area (Å²) in [6.07, 6.45) is 0. The molecule has 0 fully saturated rings. The molecular formula is C22H12F3N3O7S. The first kappa shape index (κ1) is 24.5. The Morgan fingerprint density at radius 2 is 1.75 bits per heavy atom. The summed E-state index contributed by atoms with van der Waals surface area (Å²) in [5.41, 5.74) is -2.61. The number of hydrogen-bond acceptors (Lipinski definition) is 10. The highest BCUT2D eigenvalue weighted by molar-refractivity contribution is 8.00. The number of nitro benzene ring substituents is 1. The van der Waals surface area contributed by atoms with Crippen LogP contribution in [-0.2, 0) is 5.25 Å². The number of nitro groups is 1. The van der Waals surface area contributed by atoms with Crippen molar-refractivity contribution in [2.75, 3.05) is 0 Å². The number of ketones is 1. The Morgan fingerprint density at radius 1 is 1.06 bits per heavy atom. The second-order valence-corrected chi connectivity index (χ2v) is 8.31. The van der Waals surface area contributed by atoms with Gasteiger partial charge in [0.25, 0.3) is 11.7 Å². The third-order valence-corrected chi connectivity index (χ3v) is 5.71. The number of carbonyl (C=O) groups excluding carboxylic acids is 1. The topological polar surface area (TPSA) is 160 Å². The molecular weight excluding hydrogens is 507 g/mol. The molecule has 0 aliphatic carbocycles. The van der Waals surface area contributed by atoms with Crippen LogP contribution in [0.15, 0.2) is 64.0 Å². The molecule has 14 heteroatoms. The van der Waals surface area contributed by atoms with Gasteiger partial charge in [-0.05, 0) is 36.0 Å². The lowest BCUT2D eigenvalue weighted by Crippen LogP contribution is -2.11. The normalized spacial score (nSPS) is 11.4. The van der Waals surface area contributed by atoms with Crippen LogP contribution < -0.4 is 0 Å². The molecule has 0 atom stereocenters. The summed E-state index contributed by atoms with van der Waals surface area (Å²) in [5, 5.41) is 40.5. The molecule has 4 rings (SSSR count). The summed E-state index contributed by atoms with van der Waals surface area (Å²) in [6, 6.07) is 10.4. The van der Waals surface area contributed by atoms with Crippen molar-refractivity contribution in [3.63, 3.8) is 0 Å². The largest absolute Gasteiger partial charge is 0.505 e. The number of hydrogen-bond donors (Lipinski definition) is 3. The number of thioether (sulfide) groups is 1. The maximum atomic E-state index is 14.8. The van der Waals surface area contributed by atoms with E-state index in [1.165, 1.54) is 24.3 Å². The van der Waals surface area contributed by atoms with Crippen LogP contribution in [0.3, 0.4) is 0 Å². The quantitative estimate of drug-likeness (QED) is 0.0999. The first-order chi connectivity index (χ1) is 17.0. The Hall–Kier alpha value is -4.59. The summed E-state index contributed by atoms with van der Waals surface area (Å²) in [6.45, 7) is 0. The molecule has 4 aromatic rings. The Balaban J connectivity index is 1.82. The molecule has 0 saturated heterocycles. The van der Waals surface area contributed by atoms with E-state index < -0.39 is 67.6 Å². The Kier molecular flexibility index (Phi) is 6.28. The number of carbonyl (C=O) groups is 1. The van der Waals surface area contributed by atoms with Gasteiger partial charge in [-0.15, -0.1) is 0 Å². The maximum absolute atomic E-state index is 14.8. The van der Waals surface area contributed by atoms with Crippen LogP contribution in [0.1, 0.15) is 21.7 Å². The molecule has 0 aliphatic rings. The van der Waals surface area contributed by atoms with Gasteiger partial charge in [0.2, 0.25) is 11.5 Å². The average Bonchev–Trinajstić information content (AvgIpc) is 3.34. The van der Waals surface area contributed by atoms with E-state index in [1.807, 2.05) is 0 Å². The van der Waals surface area contributed by atoms with Gasteiger partial charge in [-0.3, -0.25) is 14.9 Å².